The third-order valence-corrected chi connectivity index (χ3v) is 5.02. The monoisotopic (exact) mass is 398 g/mol. The topological polar surface area (TPSA) is 58.6 Å². The predicted molar refractivity (Wildman–Crippen MR) is 117 cm³/mol. The zero-order chi connectivity index (χ0) is 21.1. The number of anilines is 1. The molecule has 3 aromatic rings. The van der Waals surface area contributed by atoms with Gasteiger partial charge in [-0.25, -0.2) is 0 Å². The van der Waals surface area contributed by atoms with Crippen molar-refractivity contribution in [2.45, 2.75) is 13.5 Å². The lowest BCUT2D eigenvalue weighted by atomic mass is 10.0. The van der Waals surface area contributed by atoms with Crippen LogP contribution < -0.4 is 10.1 Å². The minimum absolute atomic E-state index is 0.219. The molecule has 0 spiro atoms. The number of nitrogens with zero attached hydrogens (tertiary/aromatic N) is 1. The van der Waals surface area contributed by atoms with E-state index < -0.39 is 0 Å². The number of carbonyl (C=O) groups is 2. The Morgan fingerprint density at radius 1 is 0.867 bits per heavy atom. The summed E-state index contributed by atoms with van der Waals surface area (Å²) in [4.78, 5) is 27.9. The summed E-state index contributed by atoms with van der Waals surface area (Å²) in [6.07, 6.45) is 0. The second-order valence-electron chi connectivity index (χ2n) is 7.16. The van der Waals surface area contributed by atoms with E-state index >= 15 is 0 Å². The van der Waals surface area contributed by atoms with Gasteiger partial charge < -0.3 is 10.1 Å². The van der Waals surface area contributed by atoms with Crippen LogP contribution in [-0.4, -0.2) is 23.8 Å². The number of methoxy groups -OCH3 is 1. The van der Waals surface area contributed by atoms with Crippen molar-refractivity contribution in [2.75, 3.05) is 12.4 Å². The van der Waals surface area contributed by atoms with Crippen LogP contribution in [0.25, 0.3) is 5.57 Å². The third kappa shape index (κ3) is 3.82. The number of benzene rings is 3. The van der Waals surface area contributed by atoms with E-state index in [9.17, 15) is 9.59 Å². The summed E-state index contributed by atoms with van der Waals surface area (Å²) < 4.78 is 5.22. The van der Waals surface area contributed by atoms with Crippen molar-refractivity contribution < 1.29 is 14.3 Å². The van der Waals surface area contributed by atoms with Crippen molar-refractivity contribution >= 4 is 23.1 Å². The minimum atomic E-state index is -0.337. The molecule has 30 heavy (non-hydrogen) atoms. The summed E-state index contributed by atoms with van der Waals surface area (Å²) in [5.41, 5.74) is 4.03. The number of ether oxygens (including phenoxy) is 1. The molecule has 0 radical (unpaired) electrons. The highest BCUT2D eigenvalue weighted by Crippen LogP contribution is 2.32. The predicted octanol–water partition coefficient (Wildman–Crippen LogP) is 4.40. The van der Waals surface area contributed by atoms with Gasteiger partial charge in [-0.3, -0.25) is 14.5 Å². The Morgan fingerprint density at radius 3 is 2.27 bits per heavy atom. The first-order valence-electron chi connectivity index (χ1n) is 9.69. The van der Waals surface area contributed by atoms with E-state index in [0.717, 1.165) is 16.8 Å². The fourth-order valence-corrected chi connectivity index (χ4v) is 3.49. The second-order valence-corrected chi connectivity index (χ2v) is 7.16. The first kappa shape index (κ1) is 19.5. The Morgan fingerprint density at radius 2 is 1.60 bits per heavy atom. The van der Waals surface area contributed by atoms with E-state index in [1.165, 1.54) is 4.90 Å². The third-order valence-electron chi connectivity index (χ3n) is 5.02. The standard InChI is InChI=1S/C25H22N2O3/c1-17-7-6-10-20(15-17)26-23-22(19-11-13-21(30-2)14-12-19)24(28)27(25(23)29)16-18-8-4-3-5-9-18/h3-15,26H,16H2,1-2H3. The van der Waals surface area contributed by atoms with Crippen LogP contribution in [0.4, 0.5) is 5.69 Å². The molecule has 0 unspecified atom stereocenters. The fraction of sp³-hybridized carbons (Fsp3) is 0.120. The Kier molecular flexibility index (Phi) is 5.35. The van der Waals surface area contributed by atoms with E-state index in [0.29, 0.717) is 16.9 Å². The van der Waals surface area contributed by atoms with Crippen LogP contribution in [0, 0.1) is 6.92 Å². The number of imide groups is 1. The SMILES string of the molecule is COc1ccc(C2=C(Nc3cccc(C)c3)C(=O)N(Cc3ccccc3)C2=O)cc1. The maximum atomic E-state index is 13.3. The van der Waals surface area contributed by atoms with Crippen molar-refractivity contribution in [3.63, 3.8) is 0 Å². The van der Waals surface area contributed by atoms with E-state index in [-0.39, 0.29) is 24.1 Å². The molecule has 1 aliphatic heterocycles. The number of hydrogen-bond acceptors (Lipinski definition) is 4. The Labute approximate surface area is 175 Å². The molecule has 5 heteroatoms. The number of rotatable bonds is 6. The van der Waals surface area contributed by atoms with Crippen LogP contribution in [0.3, 0.4) is 0 Å². The molecule has 5 nitrogen and oxygen atoms in total. The fourth-order valence-electron chi connectivity index (χ4n) is 3.49. The Balaban J connectivity index is 1.74. The molecule has 0 saturated carbocycles. The molecule has 0 atom stereocenters. The molecule has 150 valence electrons. The van der Waals surface area contributed by atoms with Gasteiger partial charge in [-0.2, -0.15) is 0 Å². The van der Waals surface area contributed by atoms with E-state index in [2.05, 4.69) is 5.32 Å². The highest BCUT2D eigenvalue weighted by atomic mass is 16.5. The van der Waals surface area contributed by atoms with Gasteiger partial charge >= 0.3 is 0 Å². The molecule has 1 N–H and O–H groups in total. The summed E-state index contributed by atoms with van der Waals surface area (Å²) in [5, 5.41) is 3.19. The van der Waals surface area contributed by atoms with Gasteiger partial charge in [-0.05, 0) is 47.9 Å². The van der Waals surface area contributed by atoms with Crippen molar-refractivity contribution in [2.24, 2.45) is 0 Å². The van der Waals surface area contributed by atoms with Crippen molar-refractivity contribution in [1.82, 2.24) is 4.90 Å². The lowest BCUT2D eigenvalue weighted by Gasteiger charge is -2.15. The number of hydrogen-bond donors (Lipinski definition) is 1. The second kappa shape index (κ2) is 8.25. The number of nitrogens with one attached hydrogen (secondary N) is 1. The number of aryl methyl sites for hydroxylation is 1. The Hall–Kier alpha value is -3.86. The minimum Gasteiger partial charge on any atom is -0.497 e. The molecule has 4 rings (SSSR count). The lowest BCUT2D eigenvalue weighted by Crippen LogP contribution is -2.31. The van der Waals surface area contributed by atoms with Crippen LogP contribution >= 0.6 is 0 Å². The Bertz CT molecular complexity index is 1120. The molecule has 2 amide bonds. The molecule has 0 bridgehead atoms. The summed E-state index contributed by atoms with van der Waals surface area (Å²) >= 11 is 0. The quantitative estimate of drug-likeness (QED) is 0.626. The molecule has 1 heterocycles. The van der Waals surface area contributed by atoms with Gasteiger partial charge in [-0.1, -0.05) is 54.6 Å². The van der Waals surface area contributed by atoms with Crippen LogP contribution in [0.5, 0.6) is 5.75 Å². The molecule has 0 saturated heterocycles. The van der Waals surface area contributed by atoms with E-state index in [1.54, 1.807) is 31.4 Å². The molecular weight excluding hydrogens is 376 g/mol. The lowest BCUT2D eigenvalue weighted by molar-refractivity contribution is -0.137. The highest BCUT2D eigenvalue weighted by molar-refractivity contribution is 6.36. The molecule has 1 aliphatic rings. The number of carbonyl (C=O) groups excluding carboxylic acids is 2. The van der Waals surface area contributed by atoms with Gasteiger partial charge in [0.15, 0.2) is 0 Å². The molecule has 0 fully saturated rings. The number of amides is 2. The van der Waals surface area contributed by atoms with Crippen LogP contribution in [0.15, 0.2) is 84.6 Å². The first-order chi connectivity index (χ1) is 14.6. The first-order valence-corrected chi connectivity index (χ1v) is 9.69. The zero-order valence-corrected chi connectivity index (χ0v) is 16.9. The smallest absolute Gasteiger partial charge is 0.278 e. The van der Waals surface area contributed by atoms with E-state index in [1.807, 2.05) is 61.5 Å². The van der Waals surface area contributed by atoms with E-state index in [4.69, 9.17) is 4.74 Å². The summed E-state index contributed by atoms with van der Waals surface area (Å²) in [6, 6.07) is 24.4. The average molecular weight is 398 g/mol. The largest absolute Gasteiger partial charge is 0.497 e. The summed E-state index contributed by atoms with van der Waals surface area (Å²) in [7, 11) is 1.59. The molecule has 0 aliphatic carbocycles. The molecule has 0 aromatic heterocycles. The van der Waals surface area contributed by atoms with Gasteiger partial charge in [0.1, 0.15) is 11.4 Å². The van der Waals surface area contributed by atoms with Gasteiger partial charge in [0, 0.05) is 5.69 Å². The summed E-state index contributed by atoms with van der Waals surface area (Å²) in [5.74, 6) is 0.0332. The van der Waals surface area contributed by atoms with Gasteiger partial charge in [-0.15, -0.1) is 0 Å². The van der Waals surface area contributed by atoms with Crippen molar-refractivity contribution in [3.05, 3.63) is 101 Å². The van der Waals surface area contributed by atoms with Crippen LogP contribution in [0.2, 0.25) is 0 Å². The maximum Gasteiger partial charge on any atom is 0.278 e. The van der Waals surface area contributed by atoms with Crippen LogP contribution in [0.1, 0.15) is 16.7 Å². The van der Waals surface area contributed by atoms with Crippen molar-refractivity contribution in [3.8, 4) is 5.75 Å². The van der Waals surface area contributed by atoms with Gasteiger partial charge in [0.05, 0.1) is 19.2 Å². The summed E-state index contributed by atoms with van der Waals surface area (Å²) in [6.45, 7) is 2.20. The maximum absolute atomic E-state index is 13.3. The van der Waals surface area contributed by atoms with Crippen LogP contribution in [-0.2, 0) is 16.1 Å². The van der Waals surface area contributed by atoms with Gasteiger partial charge in [0.25, 0.3) is 11.8 Å². The zero-order valence-electron chi connectivity index (χ0n) is 16.9. The highest BCUT2D eigenvalue weighted by Gasteiger charge is 2.39. The normalized spacial score (nSPS) is 13.7. The van der Waals surface area contributed by atoms with Crippen molar-refractivity contribution in [1.29, 1.82) is 0 Å². The van der Waals surface area contributed by atoms with Gasteiger partial charge in [0.2, 0.25) is 0 Å². The average Bonchev–Trinajstić information content (AvgIpc) is 2.99. The molecular formula is C25H22N2O3. The molecule has 3 aromatic carbocycles.